The Balaban J connectivity index is 1.70. The molecule has 0 radical (unpaired) electrons. The maximum Gasteiger partial charge on any atom is 0.259 e. The van der Waals surface area contributed by atoms with Crippen LogP contribution in [0.1, 0.15) is 15.9 Å². The summed E-state index contributed by atoms with van der Waals surface area (Å²) in [4.78, 5) is 19.1. The van der Waals surface area contributed by atoms with E-state index in [-0.39, 0.29) is 10.8 Å². The number of rotatable bonds is 5. The number of sulfonamides is 1. The molecule has 0 bridgehead atoms. The highest BCUT2D eigenvalue weighted by Crippen LogP contribution is 2.27. The van der Waals surface area contributed by atoms with E-state index in [1.807, 2.05) is 6.07 Å². The summed E-state index contributed by atoms with van der Waals surface area (Å²) < 4.78 is 25.5. The number of carbonyl (C=O) groups is 1. The zero-order chi connectivity index (χ0) is 21.2. The van der Waals surface area contributed by atoms with E-state index in [0.717, 1.165) is 9.87 Å². The lowest BCUT2D eigenvalue weighted by Gasteiger charge is -2.18. The second-order valence-corrected chi connectivity index (χ2v) is 10.4. The van der Waals surface area contributed by atoms with Gasteiger partial charge in [0, 0.05) is 32.0 Å². The highest BCUT2D eigenvalue weighted by molar-refractivity contribution is 8.13. The van der Waals surface area contributed by atoms with Crippen LogP contribution in [0.4, 0.5) is 0 Å². The molecule has 1 aliphatic rings. The van der Waals surface area contributed by atoms with E-state index >= 15 is 0 Å². The van der Waals surface area contributed by atoms with Gasteiger partial charge in [0.15, 0.2) is 5.17 Å². The summed E-state index contributed by atoms with van der Waals surface area (Å²) in [6.45, 7) is 1.02. The molecule has 2 aromatic rings. The van der Waals surface area contributed by atoms with Crippen molar-refractivity contribution in [2.75, 3.05) is 27.2 Å². The molecule has 0 saturated carbocycles. The minimum absolute atomic E-state index is 0.142. The van der Waals surface area contributed by atoms with E-state index in [4.69, 9.17) is 23.2 Å². The summed E-state index contributed by atoms with van der Waals surface area (Å²) in [5.74, 6) is 0.385. The number of carbonyl (C=O) groups excluding carboxylic acids is 1. The van der Waals surface area contributed by atoms with Gasteiger partial charge in [-0.05, 0) is 42.0 Å². The van der Waals surface area contributed by atoms with Crippen molar-refractivity contribution in [3.8, 4) is 0 Å². The summed E-state index contributed by atoms with van der Waals surface area (Å²) in [6.07, 6.45) is 0. The van der Waals surface area contributed by atoms with Gasteiger partial charge in [0.1, 0.15) is 0 Å². The van der Waals surface area contributed by atoms with Crippen LogP contribution in [-0.4, -0.2) is 55.9 Å². The van der Waals surface area contributed by atoms with Gasteiger partial charge in [-0.25, -0.2) is 12.7 Å². The van der Waals surface area contributed by atoms with Crippen molar-refractivity contribution >= 4 is 56.1 Å². The molecule has 0 aromatic heterocycles. The van der Waals surface area contributed by atoms with Gasteiger partial charge < -0.3 is 0 Å². The van der Waals surface area contributed by atoms with Crippen LogP contribution in [0.15, 0.2) is 52.4 Å². The average molecular weight is 472 g/mol. The summed E-state index contributed by atoms with van der Waals surface area (Å²) in [7, 11) is -0.605. The SMILES string of the molecule is CN(C)S(=O)(=O)c1ccc(C(=O)N2CCN=C2SCc2ccc(Cl)c(Cl)c2)cc1. The smallest absolute Gasteiger partial charge is 0.259 e. The van der Waals surface area contributed by atoms with E-state index in [9.17, 15) is 13.2 Å². The fourth-order valence-electron chi connectivity index (χ4n) is 2.65. The molecule has 0 N–H and O–H groups in total. The number of halogens is 2. The first-order chi connectivity index (χ1) is 13.7. The van der Waals surface area contributed by atoms with Crippen molar-refractivity contribution in [3.63, 3.8) is 0 Å². The van der Waals surface area contributed by atoms with E-state index < -0.39 is 10.0 Å². The fraction of sp³-hybridized carbons (Fsp3) is 0.263. The molecule has 0 fully saturated rings. The molecular formula is C19H19Cl2N3O3S2. The maximum atomic E-state index is 12.9. The van der Waals surface area contributed by atoms with Crippen molar-refractivity contribution < 1.29 is 13.2 Å². The predicted octanol–water partition coefficient (Wildman–Crippen LogP) is 3.99. The number of thioether (sulfide) groups is 1. The second kappa shape index (κ2) is 9.06. The minimum Gasteiger partial charge on any atom is -0.286 e. The van der Waals surface area contributed by atoms with Crippen LogP contribution in [0, 0.1) is 0 Å². The highest BCUT2D eigenvalue weighted by atomic mass is 35.5. The molecule has 2 aromatic carbocycles. The van der Waals surface area contributed by atoms with Gasteiger partial charge in [-0.1, -0.05) is 41.0 Å². The van der Waals surface area contributed by atoms with Crippen LogP contribution in [-0.2, 0) is 15.8 Å². The topological polar surface area (TPSA) is 70.1 Å². The third kappa shape index (κ3) is 4.95. The number of hydrogen-bond acceptors (Lipinski definition) is 5. The molecule has 29 heavy (non-hydrogen) atoms. The van der Waals surface area contributed by atoms with E-state index in [1.165, 1.54) is 50.1 Å². The van der Waals surface area contributed by atoms with Crippen molar-refractivity contribution in [2.24, 2.45) is 4.99 Å². The molecule has 154 valence electrons. The van der Waals surface area contributed by atoms with Crippen LogP contribution in [0.25, 0.3) is 0 Å². The van der Waals surface area contributed by atoms with Crippen molar-refractivity contribution in [2.45, 2.75) is 10.6 Å². The Morgan fingerprint density at radius 1 is 1.14 bits per heavy atom. The normalized spacial score (nSPS) is 14.4. The predicted molar refractivity (Wildman–Crippen MR) is 118 cm³/mol. The van der Waals surface area contributed by atoms with Crippen molar-refractivity contribution in [1.82, 2.24) is 9.21 Å². The second-order valence-electron chi connectivity index (χ2n) is 6.47. The first kappa shape index (κ1) is 22.1. The number of aliphatic imine (C=N–C) groups is 1. The Labute approximate surface area is 184 Å². The van der Waals surface area contributed by atoms with E-state index in [2.05, 4.69) is 4.99 Å². The van der Waals surface area contributed by atoms with Crippen LogP contribution in [0.2, 0.25) is 10.0 Å². The Kier molecular flexibility index (Phi) is 6.90. The summed E-state index contributed by atoms with van der Waals surface area (Å²) in [6, 6.07) is 11.4. The quantitative estimate of drug-likeness (QED) is 0.660. The van der Waals surface area contributed by atoms with Crippen molar-refractivity contribution in [3.05, 3.63) is 63.6 Å². The third-order valence-electron chi connectivity index (χ3n) is 4.28. The lowest BCUT2D eigenvalue weighted by atomic mass is 10.2. The Morgan fingerprint density at radius 2 is 1.83 bits per heavy atom. The van der Waals surface area contributed by atoms with Gasteiger partial charge in [-0.3, -0.25) is 14.7 Å². The van der Waals surface area contributed by atoms with Gasteiger partial charge in [0.25, 0.3) is 5.91 Å². The lowest BCUT2D eigenvalue weighted by Crippen LogP contribution is -2.32. The molecule has 0 unspecified atom stereocenters. The van der Waals surface area contributed by atoms with Gasteiger partial charge in [0.05, 0.1) is 21.5 Å². The zero-order valence-electron chi connectivity index (χ0n) is 15.8. The average Bonchev–Trinajstić information content (AvgIpc) is 3.17. The van der Waals surface area contributed by atoms with Crippen LogP contribution in [0.5, 0.6) is 0 Å². The fourth-order valence-corrected chi connectivity index (χ4v) is 4.86. The minimum atomic E-state index is -3.53. The summed E-state index contributed by atoms with van der Waals surface area (Å²) >= 11 is 13.4. The van der Waals surface area contributed by atoms with E-state index in [0.29, 0.717) is 39.6 Å². The van der Waals surface area contributed by atoms with Crippen LogP contribution in [0.3, 0.4) is 0 Å². The molecule has 6 nitrogen and oxygen atoms in total. The zero-order valence-corrected chi connectivity index (χ0v) is 18.9. The van der Waals surface area contributed by atoms with Gasteiger partial charge in [-0.15, -0.1) is 0 Å². The molecule has 10 heteroatoms. The van der Waals surface area contributed by atoms with Crippen LogP contribution < -0.4 is 0 Å². The lowest BCUT2D eigenvalue weighted by molar-refractivity contribution is 0.0860. The molecule has 1 amide bonds. The van der Waals surface area contributed by atoms with Gasteiger partial charge in [0.2, 0.25) is 10.0 Å². The molecule has 0 spiro atoms. The van der Waals surface area contributed by atoms with Crippen molar-refractivity contribution in [1.29, 1.82) is 0 Å². The molecule has 0 saturated heterocycles. The van der Waals surface area contributed by atoms with E-state index in [1.54, 1.807) is 17.0 Å². The summed E-state index contributed by atoms with van der Waals surface area (Å²) in [5.41, 5.74) is 1.39. The summed E-state index contributed by atoms with van der Waals surface area (Å²) in [5, 5.41) is 1.61. The number of amidine groups is 1. The molecule has 1 heterocycles. The number of nitrogens with zero attached hydrogens (tertiary/aromatic N) is 3. The molecule has 0 aliphatic carbocycles. The highest BCUT2D eigenvalue weighted by Gasteiger charge is 2.26. The Hall–Kier alpha value is -1.58. The number of amides is 1. The first-order valence-electron chi connectivity index (χ1n) is 8.66. The Bertz CT molecular complexity index is 1050. The third-order valence-corrected chi connectivity index (χ3v) is 7.93. The Morgan fingerprint density at radius 3 is 2.45 bits per heavy atom. The molecule has 1 aliphatic heterocycles. The molecule has 0 atom stereocenters. The standard InChI is InChI=1S/C19H19Cl2N3O3S2/c1-23(2)29(26,27)15-6-4-14(5-7-15)18(25)24-10-9-22-19(24)28-12-13-3-8-16(20)17(21)11-13/h3-8,11H,9-10,12H2,1-2H3. The number of benzene rings is 2. The largest absolute Gasteiger partial charge is 0.286 e. The van der Waals surface area contributed by atoms with Gasteiger partial charge in [-0.2, -0.15) is 0 Å². The molecule has 3 rings (SSSR count). The van der Waals surface area contributed by atoms with Gasteiger partial charge >= 0.3 is 0 Å². The first-order valence-corrected chi connectivity index (χ1v) is 11.8. The number of hydrogen-bond donors (Lipinski definition) is 0. The maximum absolute atomic E-state index is 12.9. The van der Waals surface area contributed by atoms with Crippen LogP contribution >= 0.6 is 35.0 Å². The monoisotopic (exact) mass is 471 g/mol. The molecular weight excluding hydrogens is 453 g/mol.